The van der Waals surface area contributed by atoms with Crippen molar-refractivity contribution in [1.29, 1.82) is 0 Å². The van der Waals surface area contributed by atoms with E-state index < -0.39 is 0 Å². The van der Waals surface area contributed by atoms with Crippen LogP contribution >= 0.6 is 0 Å². The van der Waals surface area contributed by atoms with Gasteiger partial charge in [-0.05, 0) is 11.5 Å². The van der Waals surface area contributed by atoms with E-state index in [-0.39, 0.29) is 0 Å². The molecule has 0 spiro atoms. The van der Waals surface area contributed by atoms with Gasteiger partial charge in [-0.15, -0.1) is 0 Å². The molecule has 66 valence electrons. The molecular formula is C11H13N2+. The molecule has 0 aliphatic carbocycles. The highest BCUT2D eigenvalue weighted by Crippen LogP contribution is 2.15. The van der Waals surface area contributed by atoms with E-state index in [9.17, 15) is 0 Å². The molecule has 0 fully saturated rings. The van der Waals surface area contributed by atoms with Gasteiger partial charge in [-0.25, -0.2) is 5.84 Å². The maximum atomic E-state index is 5.86. The Labute approximate surface area is 77.6 Å². The molecule has 1 aromatic heterocycles. The molecule has 2 rings (SSSR count). The standard InChI is InChI=1S/C11H13N2/c1-8-7-10-5-3-4-6-11(10)9(2)13(8)12/h3-7H,12H2,1-2H3/q+1. The zero-order valence-electron chi connectivity index (χ0n) is 7.91. The Hall–Kier alpha value is -1.57. The predicted octanol–water partition coefficient (Wildman–Crippen LogP) is 1.46. The molecular weight excluding hydrogens is 160 g/mol. The average molecular weight is 173 g/mol. The van der Waals surface area contributed by atoms with Crippen molar-refractivity contribution < 1.29 is 4.68 Å². The first-order chi connectivity index (χ1) is 6.20. The number of nitrogen functional groups attached to an aromatic ring is 1. The number of nitrogens with two attached hydrogens (primary N) is 1. The van der Waals surface area contributed by atoms with Crippen LogP contribution in [0.2, 0.25) is 0 Å². The van der Waals surface area contributed by atoms with E-state index >= 15 is 0 Å². The minimum atomic E-state index is 1.08. The minimum absolute atomic E-state index is 1.08. The number of hydrogen-bond acceptors (Lipinski definition) is 1. The largest absolute Gasteiger partial charge is 0.216 e. The fourth-order valence-corrected chi connectivity index (χ4v) is 1.64. The maximum absolute atomic E-state index is 5.86. The summed E-state index contributed by atoms with van der Waals surface area (Å²) in [5.74, 6) is 5.86. The predicted molar refractivity (Wildman–Crippen MR) is 53.8 cm³/mol. The summed E-state index contributed by atoms with van der Waals surface area (Å²) in [7, 11) is 0. The van der Waals surface area contributed by atoms with Crippen molar-refractivity contribution in [2.45, 2.75) is 13.8 Å². The second-order valence-electron chi connectivity index (χ2n) is 3.33. The topological polar surface area (TPSA) is 29.9 Å². The highest BCUT2D eigenvalue weighted by molar-refractivity contribution is 5.83. The molecule has 0 radical (unpaired) electrons. The first-order valence-corrected chi connectivity index (χ1v) is 4.36. The summed E-state index contributed by atoms with van der Waals surface area (Å²) in [6.45, 7) is 4.05. The van der Waals surface area contributed by atoms with Crippen LogP contribution in [-0.2, 0) is 0 Å². The minimum Gasteiger partial charge on any atom is -0.205 e. The molecule has 0 saturated heterocycles. The molecule has 0 unspecified atom stereocenters. The molecule has 1 heterocycles. The highest BCUT2D eigenvalue weighted by Gasteiger charge is 2.10. The summed E-state index contributed by atoms with van der Waals surface area (Å²) in [4.78, 5) is 0. The van der Waals surface area contributed by atoms with Crippen molar-refractivity contribution in [3.63, 3.8) is 0 Å². The average Bonchev–Trinajstić information content (AvgIpc) is 2.15. The van der Waals surface area contributed by atoms with Crippen molar-refractivity contribution in [1.82, 2.24) is 0 Å². The van der Waals surface area contributed by atoms with E-state index in [1.165, 1.54) is 10.8 Å². The Morgan fingerprint density at radius 3 is 2.62 bits per heavy atom. The van der Waals surface area contributed by atoms with Crippen molar-refractivity contribution in [3.05, 3.63) is 41.7 Å². The van der Waals surface area contributed by atoms with Gasteiger partial charge in [0.2, 0.25) is 11.4 Å². The Morgan fingerprint density at radius 2 is 1.85 bits per heavy atom. The van der Waals surface area contributed by atoms with Crippen LogP contribution in [0.15, 0.2) is 30.3 Å². The SMILES string of the molecule is Cc1cc2ccccc2c(C)[n+]1N. The van der Waals surface area contributed by atoms with Gasteiger partial charge in [0.1, 0.15) is 0 Å². The van der Waals surface area contributed by atoms with Crippen molar-refractivity contribution in [2.75, 3.05) is 5.84 Å². The molecule has 0 saturated carbocycles. The van der Waals surface area contributed by atoms with Crippen LogP contribution in [0.1, 0.15) is 11.4 Å². The number of fused-ring (bicyclic) bond motifs is 1. The smallest absolute Gasteiger partial charge is 0.205 e. The van der Waals surface area contributed by atoms with E-state index in [2.05, 4.69) is 18.2 Å². The Balaban J connectivity index is 2.94. The summed E-state index contributed by atoms with van der Waals surface area (Å²) in [5, 5.41) is 2.47. The number of hydrogen-bond donors (Lipinski definition) is 1. The van der Waals surface area contributed by atoms with Crippen LogP contribution in [0.25, 0.3) is 10.8 Å². The molecule has 0 aliphatic rings. The number of aromatic nitrogens is 1. The summed E-state index contributed by atoms with van der Waals surface area (Å²) >= 11 is 0. The Bertz CT molecular complexity index is 461. The van der Waals surface area contributed by atoms with Gasteiger partial charge in [0.05, 0.1) is 5.39 Å². The number of nitrogens with zero attached hydrogens (tertiary/aromatic N) is 1. The third kappa shape index (κ3) is 1.15. The quantitative estimate of drug-likeness (QED) is 0.474. The molecule has 2 aromatic rings. The van der Waals surface area contributed by atoms with Gasteiger partial charge in [0.25, 0.3) is 0 Å². The summed E-state index contributed by atoms with van der Waals surface area (Å²) < 4.78 is 1.72. The maximum Gasteiger partial charge on any atom is 0.216 e. The van der Waals surface area contributed by atoms with Crippen LogP contribution in [0.5, 0.6) is 0 Å². The van der Waals surface area contributed by atoms with Gasteiger partial charge >= 0.3 is 0 Å². The molecule has 13 heavy (non-hydrogen) atoms. The van der Waals surface area contributed by atoms with Gasteiger partial charge in [0, 0.05) is 19.9 Å². The van der Waals surface area contributed by atoms with Crippen LogP contribution in [0, 0.1) is 13.8 Å². The molecule has 0 bridgehead atoms. The Morgan fingerprint density at radius 1 is 1.15 bits per heavy atom. The fourth-order valence-electron chi connectivity index (χ4n) is 1.64. The van der Waals surface area contributed by atoms with Crippen molar-refractivity contribution in [3.8, 4) is 0 Å². The van der Waals surface area contributed by atoms with Crippen LogP contribution in [0.3, 0.4) is 0 Å². The summed E-state index contributed by atoms with van der Waals surface area (Å²) in [6, 6.07) is 10.4. The normalized spacial score (nSPS) is 10.6. The third-order valence-corrected chi connectivity index (χ3v) is 2.46. The van der Waals surface area contributed by atoms with Crippen molar-refractivity contribution in [2.24, 2.45) is 0 Å². The van der Waals surface area contributed by atoms with Gasteiger partial charge in [-0.2, -0.15) is 0 Å². The molecule has 0 atom stereocenters. The number of aryl methyl sites for hydroxylation is 2. The molecule has 0 aliphatic heterocycles. The number of rotatable bonds is 0. The second kappa shape index (κ2) is 2.73. The van der Waals surface area contributed by atoms with Gasteiger partial charge < -0.3 is 0 Å². The molecule has 1 aromatic carbocycles. The third-order valence-electron chi connectivity index (χ3n) is 2.46. The monoisotopic (exact) mass is 173 g/mol. The van der Waals surface area contributed by atoms with E-state index in [0.717, 1.165) is 11.4 Å². The van der Waals surface area contributed by atoms with E-state index in [0.29, 0.717) is 0 Å². The lowest BCUT2D eigenvalue weighted by Crippen LogP contribution is -2.49. The van der Waals surface area contributed by atoms with Gasteiger partial charge in [-0.3, -0.25) is 0 Å². The molecule has 2 N–H and O–H groups in total. The fraction of sp³-hybridized carbons (Fsp3) is 0.182. The Kier molecular flexibility index (Phi) is 1.69. The first-order valence-electron chi connectivity index (χ1n) is 4.36. The molecule has 2 nitrogen and oxygen atoms in total. The lowest BCUT2D eigenvalue weighted by Gasteiger charge is -2.01. The molecule has 2 heteroatoms. The van der Waals surface area contributed by atoms with E-state index in [4.69, 9.17) is 5.84 Å². The van der Waals surface area contributed by atoms with Crippen molar-refractivity contribution >= 4 is 10.8 Å². The van der Waals surface area contributed by atoms with Crippen LogP contribution in [-0.4, -0.2) is 0 Å². The lowest BCUT2D eigenvalue weighted by molar-refractivity contribution is -0.650. The van der Waals surface area contributed by atoms with E-state index in [1.54, 1.807) is 4.68 Å². The summed E-state index contributed by atoms with van der Waals surface area (Å²) in [6.07, 6.45) is 0. The zero-order chi connectivity index (χ0) is 9.42. The summed E-state index contributed by atoms with van der Waals surface area (Å²) in [5.41, 5.74) is 2.19. The molecule has 0 amide bonds. The second-order valence-corrected chi connectivity index (χ2v) is 3.33. The zero-order valence-corrected chi connectivity index (χ0v) is 7.91. The lowest BCUT2D eigenvalue weighted by atomic mass is 10.1. The highest BCUT2D eigenvalue weighted by atomic mass is 15.3. The number of pyridine rings is 1. The van der Waals surface area contributed by atoms with Gasteiger partial charge in [0.15, 0.2) is 0 Å². The van der Waals surface area contributed by atoms with Crippen LogP contribution < -0.4 is 10.5 Å². The first kappa shape index (κ1) is 8.05. The van der Waals surface area contributed by atoms with E-state index in [1.807, 2.05) is 26.0 Å². The van der Waals surface area contributed by atoms with Gasteiger partial charge in [-0.1, -0.05) is 22.9 Å². The number of benzene rings is 1. The van der Waals surface area contributed by atoms with Crippen LogP contribution in [0.4, 0.5) is 0 Å².